The summed E-state index contributed by atoms with van der Waals surface area (Å²) in [4.78, 5) is 7.08. The summed E-state index contributed by atoms with van der Waals surface area (Å²) in [5.41, 5.74) is 2.67. The molecule has 0 saturated carbocycles. The van der Waals surface area contributed by atoms with Crippen LogP contribution in [0.3, 0.4) is 0 Å². The lowest BCUT2D eigenvalue weighted by molar-refractivity contribution is 0.0203. The van der Waals surface area contributed by atoms with E-state index in [0.717, 1.165) is 71.2 Å². The van der Waals surface area contributed by atoms with Gasteiger partial charge in [0.05, 0.1) is 12.6 Å². The Morgan fingerprint density at radius 3 is 2.53 bits per heavy atom. The Bertz CT molecular complexity index is 598. The first kappa shape index (κ1) is 24.6. The number of nitrogens with zero attached hydrogens (tertiary/aromatic N) is 2. The highest BCUT2D eigenvalue weighted by molar-refractivity contribution is 5.79. The van der Waals surface area contributed by atoms with Crippen molar-refractivity contribution in [2.24, 2.45) is 10.9 Å². The second-order valence-electron chi connectivity index (χ2n) is 8.21. The third-order valence-electron chi connectivity index (χ3n) is 5.61. The lowest BCUT2D eigenvalue weighted by atomic mass is 10.0. The van der Waals surface area contributed by atoms with E-state index < -0.39 is 0 Å². The van der Waals surface area contributed by atoms with Crippen LogP contribution >= 0.6 is 0 Å². The molecule has 0 amide bonds. The van der Waals surface area contributed by atoms with E-state index in [-0.39, 0.29) is 6.04 Å². The van der Waals surface area contributed by atoms with Crippen molar-refractivity contribution in [2.45, 2.75) is 45.6 Å². The monoisotopic (exact) mass is 418 g/mol. The topological polar surface area (TPSA) is 58.1 Å². The van der Waals surface area contributed by atoms with Crippen LogP contribution in [0.2, 0.25) is 0 Å². The van der Waals surface area contributed by atoms with Crippen molar-refractivity contribution in [3.63, 3.8) is 0 Å². The normalized spacial score (nSPS) is 16.6. The highest BCUT2D eigenvalue weighted by Gasteiger charge is 2.15. The van der Waals surface area contributed by atoms with E-state index in [0.29, 0.717) is 12.5 Å². The van der Waals surface area contributed by atoms with E-state index in [1.807, 2.05) is 0 Å². The van der Waals surface area contributed by atoms with Crippen LogP contribution in [0.5, 0.6) is 0 Å². The van der Waals surface area contributed by atoms with Gasteiger partial charge in [0.1, 0.15) is 0 Å². The molecule has 6 heteroatoms. The molecular formula is C24H42N4O2. The number of nitrogens with one attached hydrogen (secondary N) is 2. The average molecular weight is 419 g/mol. The van der Waals surface area contributed by atoms with Gasteiger partial charge in [-0.25, -0.2) is 0 Å². The van der Waals surface area contributed by atoms with E-state index in [1.165, 1.54) is 11.1 Å². The van der Waals surface area contributed by atoms with Crippen LogP contribution in [-0.4, -0.2) is 71.0 Å². The van der Waals surface area contributed by atoms with Crippen molar-refractivity contribution >= 4 is 5.96 Å². The molecule has 30 heavy (non-hydrogen) atoms. The Morgan fingerprint density at radius 2 is 1.90 bits per heavy atom. The fourth-order valence-corrected chi connectivity index (χ4v) is 3.61. The van der Waals surface area contributed by atoms with Gasteiger partial charge in [-0.3, -0.25) is 4.99 Å². The largest absolute Gasteiger partial charge is 0.381 e. The molecule has 2 rings (SSSR count). The fraction of sp³-hybridized carbons (Fsp3) is 0.708. The first-order valence-electron chi connectivity index (χ1n) is 11.6. The number of hydrogen-bond acceptors (Lipinski definition) is 4. The summed E-state index contributed by atoms with van der Waals surface area (Å²) >= 11 is 0. The van der Waals surface area contributed by atoms with Gasteiger partial charge in [0.2, 0.25) is 0 Å². The van der Waals surface area contributed by atoms with Gasteiger partial charge in [0.15, 0.2) is 5.96 Å². The molecule has 0 aromatic heterocycles. The van der Waals surface area contributed by atoms with Crippen LogP contribution in [0.15, 0.2) is 29.3 Å². The zero-order chi connectivity index (χ0) is 21.6. The Labute approximate surface area is 183 Å². The molecule has 1 fully saturated rings. The second kappa shape index (κ2) is 14.4. The van der Waals surface area contributed by atoms with Crippen LogP contribution in [0.1, 0.15) is 50.3 Å². The third-order valence-corrected chi connectivity index (χ3v) is 5.61. The van der Waals surface area contributed by atoms with Gasteiger partial charge in [-0.05, 0) is 63.7 Å². The molecule has 0 spiro atoms. The first-order valence-corrected chi connectivity index (χ1v) is 11.6. The number of benzene rings is 1. The summed E-state index contributed by atoms with van der Waals surface area (Å²) in [6.45, 7) is 10.1. The Hall–Kier alpha value is -1.63. The number of hydrogen-bond donors (Lipinski definition) is 2. The van der Waals surface area contributed by atoms with Crippen molar-refractivity contribution in [3.05, 3.63) is 35.4 Å². The minimum Gasteiger partial charge on any atom is -0.381 e. The molecule has 1 atom stereocenters. The van der Waals surface area contributed by atoms with Gasteiger partial charge in [0.25, 0.3) is 0 Å². The van der Waals surface area contributed by atoms with E-state index in [1.54, 1.807) is 0 Å². The van der Waals surface area contributed by atoms with Crippen molar-refractivity contribution in [1.82, 2.24) is 15.5 Å². The lowest BCUT2D eigenvalue weighted by Crippen LogP contribution is -2.38. The van der Waals surface area contributed by atoms with Crippen molar-refractivity contribution in [1.29, 1.82) is 0 Å². The maximum Gasteiger partial charge on any atom is 0.191 e. The number of aliphatic imine (C=N–C) groups is 1. The standard InChI is InChI=1S/C24H42N4O2/c1-5-20-8-10-22(11-9-20)23(28(3)4)18-27-24(25-6-2)26-14-7-15-30-19-21-12-16-29-17-13-21/h8-11,21,23H,5-7,12-19H2,1-4H3,(H2,25,26,27). The van der Waals surface area contributed by atoms with E-state index in [4.69, 9.17) is 14.5 Å². The predicted octanol–water partition coefficient (Wildman–Crippen LogP) is 3.24. The van der Waals surface area contributed by atoms with Crippen molar-refractivity contribution in [2.75, 3.05) is 60.2 Å². The summed E-state index contributed by atoms with van der Waals surface area (Å²) in [6.07, 6.45) is 4.30. The molecule has 170 valence electrons. The summed E-state index contributed by atoms with van der Waals surface area (Å²) in [5.74, 6) is 1.54. The first-order chi connectivity index (χ1) is 14.6. The Morgan fingerprint density at radius 1 is 1.17 bits per heavy atom. The maximum atomic E-state index is 5.86. The molecule has 2 N–H and O–H groups in total. The van der Waals surface area contributed by atoms with Crippen LogP contribution in [0, 0.1) is 5.92 Å². The summed E-state index contributed by atoms with van der Waals surface area (Å²) in [5, 5.41) is 6.80. The van der Waals surface area contributed by atoms with Crippen LogP contribution in [0.25, 0.3) is 0 Å². The molecule has 1 aliphatic heterocycles. The van der Waals surface area contributed by atoms with Gasteiger partial charge in [-0.15, -0.1) is 0 Å². The van der Waals surface area contributed by atoms with Crippen LogP contribution in [-0.2, 0) is 15.9 Å². The smallest absolute Gasteiger partial charge is 0.191 e. The van der Waals surface area contributed by atoms with Crippen LogP contribution < -0.4 is 10.6 Å². The zero-order valence-corrected chi connectivity index (χ0v) is 19.5. The van der Waals surface area contributed by atoms with E-state index in [9.17, 15) is 0 Å². The van der Waals surface area contributed by atoms with Gasteiger partial charge < -0.3 is 25.0 Å². The Balaban J connectivity index is 1.76. The molecule has 1 aromatic carbocycles. The SMILES string of the molecule is CCNC(=NCC(c1ccc(CC)cc1)N(C)C)NCCCOCC1CCOCC1. The Kier molecular flexibility index (Phi) is 11.8. The number of likely N-dealkylation sites (N-methyl/N-ethyl adjacent to an activating group) is 1. The molecule has 1 aliphatic rings. The summed E-state index contributed by atoms with van der Waals surface area (Å²) in [7, 11) is 4.23. The molecule has 1 unspecified atom stereocenters. The maximum absolute atomic E-state index is 5.86. The molecule has 1 heterocycles. The lowest BCUT2D eigenvalue weighted by Gasteiger charge is -2.24. The molecule has 0 radical (unpaired) electrons. The highest BCUT2D eigenvalue weighted by atomic mass is 16.5. The minimum atomic E-state index is 0.258. The summed E-state index contributed by atoms with van der Waals surface area (Å²) < 4.78 is 11.3. The van der Waals surface area contributed by atoms with Crippen molar-refractivity contribution in [3.8, 4) is 0 Å². The highest BCUT2D eigenvalue weighted by Crippen LogP contribution is 2.19. The molecule has 0 aliphatic carbocycles. The van der Waals surface area contributed by atoms with Crippen LogP contribution in [0.4, 0.5) is 0 Å². The van der Waals surface area contributed by atoms with Gasteiger partial charge in [-0.2, -0.15) is 0 Å². The van der Waals surface area contributed by atoms with E-state index in [2.05, 4.69) is 67.7 Å². The molecular weight excluding hydrogens is 376 g/mol. The quantitative estimate of drug-likeness (QED) is 0.310. The zero-order valence-electron chi connectivity index (χ0n) is 19.5. The molecule has 1 aromatic rings. The number of guanidine groups is 1. The van der Waals surface area contributed by atoms with Gasteiger partial charge in [0, 0.05) is 39.5 Å². The van der Waals surface area contributed by atoms with Gasteiger partial charge >= 0.3 is 0 Å². The molecule has 1 saturated heterocycles. The number of rotatable bonds is 12. The molecule has 6 nitrogen and oxygen atoms in total. The summed E-state index contributed by atoms with van der Waals surface area (Å²) in [6, 6.07) is 9.16. The second-order valence-corrected chi connectivity index (χ2v) is 8.21. The number of aryl methyl sites for hydroxylation is 1. The van der Waals surface area contributed by atoms with Gasteiger partial charge in [-0.1, -0.05) is 31.2 Å². The van der Waals surface area contributed by atoms with Crippen molar-refractivity contribution < 1.29 is 9.47 Å². The molecule has 0 bridgehead atoms. The van der Waals surface area contributed by atoms with E-state index >= 15 is 0 Å². The fourth-order valence-electron chi connectivity index (χ4n) is 3.61. The average Bonchev–Trinajstić information content (AvgIpc) is 2.77. The third kappa shape index (κ3) is 9.02. The number of ether oxygens (including phenoxy) is 2. The minimum absolute atomic E-state index is 0.258. The predicted molar refractivity (Wildman–Crippen MR) is 125 cm³/mol.